The second-order valence-corrected chi connectivity index (χ2v) is 5.83. The van der Waals surface area contributed by atoms with E-state index in [1.54, 1.807) is 32.0 Å². The summed E-state index contributed by atoms with van der Waals surface area (Å²) in [6.45, 7) is 5.25. The van der Waals surface area contributed by atoms with Crippen molar-refractivity contribution in [2.75, 3.05) is 0 Å². The molecule has 6 heteroatoms. The van der Waals surface area contributed by atoms with E-state index in [4.69, 9.17) is 4.18 Å². The molecule has 1 aromatic carbocycles. The second kappa shape index (κ2) is 4.97. The van der Waals surface area contributed by atoms with Crippen LogP contribution in [-0.4, -0.2) is 18.6 Å². The van der Waals surface area contributed by atoms with Crippen molar-refractivity contribution in [1.82, 2.24) is 10.2 Å². The van der Waals surface area contributed by atoms with E-state index >= 15 is 0 Å². The van der Waals surface area contributed by atoms with Crippen LogP contribution >= 0.6 is 0 Å². The average molecular weight is 278 g/mol. The summed E-state index contributed by atoms with van der Waals surface area (Å²) >= 11 is 0. The number of hydrogen-bond donors (Lipinski definition) is 0. The van der Waals surface area contributed by atoms with Crippen LogP contribution in [0.15, 0.2) is 35.2 Å². The molecule has 0 aliphatic rings. The molecule has 0 bridgehead atoms. The molecule has 0 fully saturated rings. The van der Waals surface area contributed by atoms with E-state index in [0.29, 0.717) is 11.4 Å². The van der Waals surface area contributed by atoms with Crippen LogP contribution in [0.3, 0.4) is 0 Å². The van der Waals surface area contributed by atoms with Crippen LogP contribution in [0.2, 0.25) is 0 Å². The Morgan fingerprint density at radius 3 is 2.26 bits per heavy atom. The summed E-state index contributed by atoms with van der Waals surface area (Å²) in [6.07, 6.45) is 0. The molecule has 2 rings (SSSR count). The molecule has 2 aromatic rings. The largest absolute Gasteiger partial charge is 0.377 e. The van der Waals surface area contributed by atoms with Crippen LogP contribution in [0.25, 0.3) is 0 Å². The standard InChI is InChI=1S/C13H14N2O3S/c1-9-4-6-12(7-5-9)19(16,17)18-13-8-10(2)14-15-11(13)3/h4-8H,1-3H3. The number of aromatic nitrogens is 2. The lowest BCUT2D eigenvalue weighted by Gasteiger charge is -2.09. The van der Waals surface area contributed by atoms with Crippen LogP contribution in [0.1, 0.15) is 17.0 Å². The predicted octanol–water partition coefficient (Wildman–Crippen LogP) is 2.17. The monoisotopic (exact) mass is 278 g/mol. The van der Waals surface area contributed by atoms with Crippen molar-refractivity contribution in [3.8, 4) is 5.75 Å². The quantitative estimate of drug-likeness (QED) is 0.805. The van der Waals surface area contributed by atoms with E-state index in [1.807, 2.05) is 6.92 Å². The van der Waals surface area contributed by atoms with Crippen molar-refractivity contribution in [3.05, 3.63) is 47.3 Å². The molecule has 0 aliphatic heterocycles. The lowest BCUT2D eigenvalue weighted by molar-refractivity contribution is 0.481. The van der Waals surface area contributed by atoms with E-state index < -0.39 is 10.1 Å². The van der Waals surface area contributed by atoms with Crippen molar-refractivity contribution in [2.45, 2.75) is 25.7 Å². The van der Waals surface area contributed by atoms with Crippen molar-refractivity contribution in [1.29, 1.82) is 0 Å². The minimum absolute atomic E-state index is 0.118. The molecule has 5 nitrogen and oxygen atoms in total. The highest BCUT2D eigenvalue weighted by Gasteiger charge is 2.18. The minimum Gasteiger partial charge on any atom is -0.377 e. The number of aryl methyl sites for hydroxylation is 3. The smallest absolute Gasteiger partial charge is 0.339 e. The Morgan fingerprint density at radius 2 is 1.63 bits per heavy atom. The molecule has 0 radical (unpaired) electrons. The van der Waals surface area contributed by atoms with Crippen LogP contribution in [0, 0.1) is 20.8 Å². The van der Waals surface area contributed by atoms with Crippen molar-refractivity contribution >= 4 is 10.1 Å². The van der Waals surface area contributed by atoms with Gasteiger partial charge < -0.3 is 4.18 Å². The summed E-state index contributed by atoms with van der Waals surface area (Å²) in [5.74, 6) is 0.202. The van der Waals surface area contributed by atoms with Gasteiger partial charge in [-0.25, -0.2) is 0 Å². The molecule has 0 saturated heterocycles. The topological polar surface area (TPSA) is 69.2 Å². The fourth-order valence-electron chi connectivity index (χ4n) is 1.48. The molecule has 0 unspecified atom stereocenters. The molecule has 19 heavy (non-hydrogen) atoms. The molecule has 0 saturated carbocycles. The maximum Gasteiger partial charge on any atom is 0.339 e. The summed E-state index contributed by atoms with van der Waals surface area (Å²) in [5, 5.41) is 7.66. The predicted molar refractivity (Wildman–Crippen MR) is 70.5 cm³/mol. The highest BCUT2D eigenvalue weighted by atomic mass is 32.2. The normalized spacial score (nSPS) is 11.3. The fourth-order valence-corrected chi connectivity index (χ4v) is 2.45. The number of benzene rings is 1. The molecule has 1 aromatic heterocycles. The third kappa shape index (κ3) is 3.08. The summed E-state index contributed by atoms with van der Waals surface area (Å²) < 4.78 is 29.3. The van der Waals surface area contributed by atoms with Gasteiger partial charge in [-0.2, -0.15) is 18.6 Å². The van der Waals surface area contributed by atoms with Gasteiger partial charge in [0.1, 0.15) is 10.6 Å². The Morgan fingerprint density at radius 1 is 1.00 bits per heavy atom. The SMILES string of the molecule is Cc1ccc(S(=O)(=O)Oc2cc(C)nnc2C)cc1. The Bertz CT molecular complexity index is 694. The van der Waals surface area contributed by atoms with Crippen LogP contribution in [0.4, 0.5) is 0 Å². The highest BCUT2D eigenvalue weighted by molar-refractivity contribution is 7.87. The first-order chi connectivity index (χ1) is 8.88. The zero-order chi connectivity index (χ0) is 14.0. The van der Waals surface area contributed by atoms with Gasteiger partial charge in [0.15, 0.2) is 5.75 Å². The summed E-state index contributed by atoms with van der Waals surface area (Å²) in [7, 11) is -3.84. The van der Waals surface area contributed by atoms with E-state index in [9.17, 15) is 8.42 Å². The van der Waals surface area contributed by atoms with E-state index in [2.05, 4.69) is 10.2 Å². The van der Waals surface area contributed by atoms with E-state index in [1.165, 1.54) is 12.1 Å². The number of rotatable bonds is 3. The van der Waals surface area contributed by atoms with E-state index in [-0.39, 0.29) is 10.6 Å². The maximum atomic E-state index is 12.1. The minimum atomic E-state index is -3.84. The molecular formula is C13H14N2O3S. The molecule has 0 aliphatic carbocycles. The first-order valence-corrected chi connectivity index (χ1v) is 7.11. The Kier molecular flexibility index (Phi) is 3.53. The first kappa shape index (κ1) is 13.5. The summed E-state index contributed by atoms with van der Waals surface area (Å²) in [6, 6.07) is 8.02. The lowest BCUT2D eigenvalue weighted by atomic mass is 10.2. The third-order valence-electron chi connectivity index (χ3n) is 2.56. The van der Waals surface area contributed by atoms with Gasteiger partial charge in [0.2, 0.25) is 0 Å². The van der Waals surface area contributed by atoms with Crippen LogP contribution in [0.5, 0.6) is 5.75 Å². The van der Waals surface area contributed by atoms with Gasteiger partial charge in [-0.1, -0.05) is 17.7 Å². The van der Waals surface area contributed by atoms with Gasteiger partial charge in [-0.05, 0) is 32.9 Å². The van der Waals surface area contributed by atoms with Gasteiger partial charge in [0, 0.05) is 6.07 Å². The molecule has 0 atom stereocenters. The van der Waals surface area contributed by atoms with Crippen molar-refractivity contribution in [3.63, 3.8) is 0 Å². The first-order valence-electron chi connectivity index (χ1n) is 5.70. The van der Waals surface area contributed by atoms with Gasteiger partial charge in [-0.3, -0.25) is 0 Å². The third-order valence-corrected chi connectivity index (χ3v) is 3.81. The van der Waals surface area contributed by atoms with Gasteiger partial charge in [0.25, 0.3) is 0 Å². The summed E-state index contributed by atoms with van der Waals surface area (Å²) in [5.41, 5.74) is 2.01. The maximum absolute atomic E-state index is 12.1. The lowest BCUT2D eigenvalue weighted by Crippen LogP contribution is -2.11. The highest BCUT2D eigenvalue weighted by Crippen LogP contribution is 2.21. The van der Waals surface area contributed by atoms with Gasteiger partial charge >= 0.3 is 10.1 Å². The molecule has 1 heterocycles. The fraction of sp³-hybridized carbons (Fsp3) is 0.231. The molecular weight excluding hydrogens is 264 g/mol. The number of nitrogens with zero attached hydrogens (tertiary/aromatic N) is 2. The van der Waals surface area contributed by atoms with Crippen molar-refractivity contribution < 1.29 is 12.6 Å². The molecule has 0 spiro atoms. The summed E-state index contributed by atoms with van der Waals surface area (Å²) in [4.78, 5) is 0.118. The average Bonchev–Trinajstić information content (AvgIpc) is 2.34. The van der Waals surface area contributed by atoms with E-state index in [0.717, 1.165) is 5.56 Å². The zero-order valence-electron chi connectivity index (χ0n) is 10.9. The molecule has 100 valence electrons. The van der Waals surface area contributed by atoms with Gasteiger partial charge in [0.05, 0.1) is 5.69 Å². The van der Waals surface area contributed by atoms with Crippen LogP contribution in [-0.2, 0) is 10.1 Å². The zero-order valence-corrected chi connectivity index (χ0v) is 11.7. The van der Waals surface area contributed by atoms with Gasteiger partial charge in [-0.15, -0.1) is 0 Å². The number of hydrogen-bond acceptors (Lipinski definition) is 5. The molecule has 0 amide bonds. The van der Waals surface area contributed by atoms with Crippen molar-refractivity contribution in [2.24, 2.45) is 0 Å². The Hall–Kier alpha value is -1.95. The van der Waals surface area contributed by atoms with Crippen LogP contribution < -0.4 is 4.18 Å². The Balaban J connectivity index is 2.36. The Labute approximate surface area is 112 Å². The molecule has 0 N–H and O–H groups in total. The second-order valence-electron chi connectivity index (χ2n) is 4.29.